The van der Waals surface area contributed by atoms with Crippen molar-refractivity contribution in [1.82, 2.24) is 10.2 Å². The quantitative estimate of drug-likeness (QED) is 0.693. The lowest BCUT2D eigenvalue weighted by molar-refractivity contribution is 0.456. The summed E-state index contributed by atoms with van der Waals surface area (Å²) in [5.41, 5.74) is 0. The molecule has 0 atom stereocenters. The maximum absolute atomic E-state index is 5.66. The van der Waals surface area contributed by atoms with E-state index in [-0.39, 0.29) is 0 Å². The third kappa shape index (κ3) is 2.26. The highest BCUT2D eigenvalue weighted by Crippen LogP contribution is 2.24. The Morgan fingerprint density at radius 3 is 2.44 bits per heavy atom. The van der Waals surface area contributed by atoms with Crippen molar-refractivity contribution in [2.45, 2.75) is 0 Å². The molecule has 2 aromatic carbocycles. The van der Waals surface area contributed by atoms with E-state index in [2.05, 4.69) is 16.3 Å². The molecule has 88 valence electrons. The van der Waals surface area contributed by atoms with Crippen LogP contribution in [0.4, 0.5) is 0 Å². The fourth-order valence-corrected chi connectivity index (χ4v) is 1.81. The van der Waals surface area contributed by atoms with Crippen molar-refractivity contribution < 1.29 is 4.74 Å². The normalized spacial score (nSPS) is 10.5. The number of ether oxygens (including phenoxy) is 1. The topological polar surface area (TPSA) is 35.0 Å². The van der Waals surface area contributed by atoms with Gasteiger partial charge in [0, 0.05) is 6.07 Å². The lowest BCUT2D eigenvalue weighted by Crippen LogP contribution is -1.90. The van der Waals surface area contributed by atoms with Crippen molar-refractivity contribution >= 4 is 22.4 Å². The van der Waals surface area contributed by atoms with E-state index in [0.717, 1.165) is 11.1 Å². The lowest BCUT2D eigenvalue weighted by atomic mass is 10.1. The molecule has 0 bridgehead atoms. The monoisotopic (exact) mass is 256 g/mol. The van der Waals surface area contributed by atoms with E-state index in [1.807, 2.05) is 36.4 Å². The standard InChI is InChI=1S/C14H9ClN2O/c15-13-7-8-14(17-16-13)18-12-6-5-10-3-1-2-4-11(10)9-12/h1-9H. The van der Waals surface area contributed by atoms with Crippen LogP contribution in [0.2, 0.25) is 5.15 Å². The molecule has 0 saturated heterocycles. The maximum Gasteiger partial charge on any atom is 0.238 e. The molecule has 0 spiro atoms. The zero-order valence-electron chi connectivity index (χ0n) is 9.38. The number of nitrogens with zero attached hydrogens (tertiary/aromatic N) is 2. The van der Waals surface area contributed by atoms with Gasteiger partial charge in [0.05, 0.1) is 0 Å². The number of aromatic nitrogens is 2. The third-order valence-electron chi connectivity index (χ3n) is 2.55. The van der Waals surface area contributed by atoms with Gasteiger partial charge in [0.15, 0.2) is 5.15 Å². The molecule has 0 aliphatic rings. The number of rotatable bonds is 2. The van der Waals surface area contributed by atoms with Gasteiger partial charge in [0.1, 0.15) is 5.75 Å². The van der Waals surface area contributed by atoms with Gasteiger partial charge < -0.3 is 4.74 Å². The van der Waals surface area contributed by atoms with Crippen LogP contribution in [0.25, 0.3) is 10.8 Å². The number of hydrogen-bond acceptors (Lipinski definition) is 3. The van der Waals surface area contributed by atoms with E-state index in [9.17, 15) is 0 Å². The highest BCUT2D eigenvalue weighted by Gasteiger charge is 2.01. The highest BCUT2D eigenvalue weighted by atomic mass is 35.5. The Balaban J connectivity index is 1.92. The predicted molar refractivity (Wildman–Crippen MR) is 71.1 cm³/mol. The first-order valence-corrected chi connectivity index (χ1v) is 5.85. The molecule has 0 aliphatic heterocycles. The molecule has 0 N–H and O–H groups in total. The Bertz CT molecular complexity index is 683. The zero-order chi connectivity index (χ0) is 12.4. The van der Waals surface area contributed by atoms with Gasteiger partial charge in [-0.15, -0.1) is 10.2 Å². The largest absolute Gasteiger partial charge is 0.438 e. The van der Waals surface area contributed by atoms with Crippen molar-refractivity contribution in [3.8, 4) is 11.6 Å². The van der Waals surface area contributed by atoms with E-state index in [4.69, 9.17) is 16.3 Å². The molecule has 18 heavy (non-hydrogen) atoms. The molecule has 0 radical (unpaired) electrons. The molecule has 4 heteroatoms. The Labute approximate surface area is 109 Å². The van der Waals surface area contributed by atoms with Crippen LogP contribution in [0.3, 0.4) is 0 Å². The van der Waals surface area contributed by atoms with Crippen LogP contribution in [0.5, 0.6) is 11.6 Å². The average Bonchev–Trinajstić information content (AvgIpc) is 2.41. The summed E-state index contributed by atoms with van der Waals surface area (Å²) in [7, 11) is 0. The van der Waals surface area contributed by atoms with Gasteiger partial charge in [-0.1, -0.05) is 41.9 Å². The third-order valence-corrected chi connectivity index (χ3v) is 2.75. The van der Waals surface area contributed by atoms with Crippen molar-refractivity contribution in [3.63, 3.8) is 0 Å². The SMILES string of the molecule is Clc1ccc(Oc2ccc3ccccc3c2)nn1. The Hall–Kier alpha value is -2.13. The zero-order valence-corrected chi connectivity index (χ0v) is 10.1. The summed E-state index contributed by atoms with van der Waals surface area (Å²) >= 11 is 5.66. The van der Waals surface area contributed by atoms with Crippen LogP contribution < -0.4 is 4.74 Å². The van der Waals surface area contributed by atoms with Gasteiger partial charge in [0.25, 0.3) is 0 Å². The van der Waals surface area contributed by atoms with Crippen LogP contribution >= 0.6 is 11.6 Å². The molecular formula is C14H9ClN2O. The summed E-state index contributed by atoms with van der Waals surface area (Å²) in [6, 6.07) is 17.3. The summed E-state index contributed by atoms with van der Waals surface area (Å²) in [6.45, 7) is 0. The Morgan fingerprint density at radius 1 is 0.833 bits per heavy atom. The van der Waals surface area contributed by atoms with E-state index < -0.39 is 0 Å². The molecular weight excluding hydrogens is 248 g/mol. The van der Waals surface area contributed by atoms with Crippen molar-refractivity contribution in [1.29, 1.82) is 0 Å². The molecule has 0 unspecified atom stereocenters. The van der Waals surface area contributed by atoms with Crippen LogP contribution in [-0.4, -0.2) is 10.2 Å². The Kier molecular flexibility index (Phi) is 2.82. The van der Waals surface area contributed by atoms with Crippen molar-refractivity contribution in [2.24, 2.45) is 0 Å². The van der Waals surface area contributed by atoms with Gasteiger partial charge in [-0.05, 0) is 29.0 Å². The average molecular weight is 257 g/mol. The van der Waals surface area contributed by atoms with E-state index >= 15 is 0 Å². The van der Waals surface area contributed by atoms with Gasteiger partial charge in [0.2, 0.25) is 5.88 Å². The summed E-state index contributed by atoms with van der Waals surface area (Å²) < 4.78 is 5.61. The summed E-state index contributed by atoms with van der Waals surface area (Å²) in [5, 5.41) is 10.2. The minimum absolute atomic E-state index is 0.348. The minimum atomic E-state index is 0.348. The van der Waals surface area contributed by atoms with Crippen molar-refractivity contribution in [3.05, 3.63) is 59.8 Å². The molecule has 1 aromatic heterocycles. The molecule has 3 aromatic rings. The van der Waals surface area contributed by atoms with E-state index in [1.54, 1.807) is 12.1 Å². The fraction of sp³-hybridized carbons (Fsp3) is 0. The second-order valence-corrected chi connectivity index (χ2v) is 4.19. The van der Waals surface area contributed by atoms with Crippen LogP contribution in [0.15, 0.2) is 54.6 Å². The fourth-order valence-electron chi connectivity index (χ4n) is 1.71. The second kappa shape index (κ2) is 4.63. The lowest BCUT2D eigenvalue weighted by Gasteiger charge is -2.05. The Morgan fingerprint density at radius 2 is 1.67 bits per heavy atom. The first kappa shape index (κ1) is 11.0. The molecule has 3 nitrogen and oxygen atoms in total. The molecule has 0 saturated carbocycles. The maximum atomic E-state index is 5.66. The number of halogens is 1. The molecule has 0 aliphatic carbocycles. The number of hydrogen-bond donors (Lipinski definition) is 0. The predicted octanol–water partition coefficient (Wildman–Crippen LogP) is 4.08. The van der Waals surface area contributed by atoms with Crippen LogP contribution in [-0.2, 0) is 0 Å². The van der Waals surface area contributed by atoms with E-state index in [1.165, 1.54) is 5.39 Å². The van der Waals surface area contributed by atoms with E-state index in [0.29, 0.717) is 11.0 Å². The molecule has 0 fully saturated rings. The summed E-state index contributed by atoms with van der Waals surface area (Å²) in [4.78, 5) is 0. The minimum Gasteiger partial charge on any atom is -0.438 e. The highest BCUT2D eigenvalue weighted by molar-refractivity contribution is 6.29. The number of benzene rings is 2. The van der Waals surface area contributed by atoms with Gasteiger partial charge in [-0.2, -0.15) is 0 Å². The second-order valence-electron chi connectivity index (χ2n) is 3.81. The summed E-state index contributed by atoms with van der Waals surface area (Å²) in [5.74, 6) is 1.15. The van der Waals surface area contributed by atoms with Crippen LogP contribution in [0.1, 0.15) is 0 Å². The van der Waals surface area contributed by atoms with Crippen molar-refractivity contribution in [2.75, 3.05) is 0 Å². The molecule has 3 rings (SSSR count). The van der Waals surface area contributed by atoms with Crippen LogP contribution in [0, 0.1) is 0 Å². The number of fused-ring (bicyclic) bond motifs is 1. The first-order chi connectivity index (χ1) is 8.81. The first-order valence-electron chi connectivity index (χ1n) is 5.47. The summed E-state index contributed by atoms with van der Waals surface area (Å²) in [6.07, 6.45) is 0. The van der Waals surface area contributed by atoms with Gasteiger partial charge in [-0.25, -0.2) is 0 Å². The van der Waals surface area contributed by atoms with Gasteiger partial charge in [-0.3, -0.25) is 0 Å². The molecule has 0 amide bonds. The molecule has 1 heterocycles. The van der Waals surface area contributed by atoms with Gasteiger partial charge >= 0.3 is 0 Å². The smallest absolute Gasteiger partial charge is 0.238 e.